The zero-order chi connectivity index (χ0) is 8.85. The molecule has 64 valence electrons. The molecule has 0 spiro atoms. The maximum Gasteiger partial charge on any atom is 0.316 e. The van der Waals surface area contributed by atoms with Gasteiger partial charge in [-0.3, -0.25) is 9.59 Å². The average molecular weight is 158 g/mol. The molecule has 3 nitrogen and oxygen atoms in total. The Bertz CT molecular complexity index is 151. The van der Waals surface area contributed by atoms with E-state index in [1.54, 1.807) is 13.8 Å². The second-order valence-corrected chi connectivity index (χ2v) is 2.46. The summed E-state index contributed by atoms with van der Waals surface area (Å²) in [6.07, 6.45) is 0.956. The standard InChI is InChI=1S/C8H14O3/c1-4-6(3)8(10)11-7(9)5-2/h6H,4-5H2,1-3H3. The summed E-state index contributed by atoms with van der Waals surface area (Å²) < 4.78 is 4.47. The van der Waals surface area contributed by atoms with Crippen molar-refractivity contribution >= 4 is 11.9 Å². The van der Waals surface area contributed by atoms with Crippen molar-refractivity contribution in [3.63, 3.8) is 0 Å². The average Bonchev–Trinajstić information content (AvgIpc) is 2.02. The van der Waals surface area contributed by atoms with E-state index in [4.69, 9.17) is 0 Å². The number of rotatable bonds is 3. The highest BCUT2D eigenvalue weighted by Crippen LogP contribution is 2.03. The number of hydrogen-bond donors (Lipinski definition) is 0. The molecular formula is C8H14O3. The van der Waals surface area contributed by atoms with Crippen LogP contribution in [-0.2, 0) is 14.3 Å². The molecular weight excluding hydrogens is 144 g/mol. The molecule has 0 heterocycles. The molecule has 0 aliphatic rings. The lowest BCUT2D eigenvalue weighted by Gasteiger charge is -2.05. The number of carbonyl (C=O) groups excluding carboxylic acids is 2. The molecule has 1 atom stereocenters. The van der Waals surface area contributed by atoms with Gasteiger partial charge in [-0.2, -0.15) is 0 Å². The molecule has 0 amide bonds. The molecule has 0 aromatic rings. The van der Waals surface area contributed by atoms with Crippen LogP contribution in [0.2, 0.25) is 0 Å². The Balaban J connectivity index is 3.77. The second-order valence-electron chi connectivity index (χ2n) is 2.46. The molecule has 0 aromatic carbocycles. The third-order valence-electron chi connectivity index (χ3n) is 1.52. The molecule has 0 aliphatic carbocycles. The molecule has 0 rings (SSSR count). The van der Waals surface area contributed by atoms with Crippen molar-refractivity contribution in [2.45, 2.75) is 33.6 Å². The summed E-state index contributed by atoms with van der Waals surface area (Å²) in [6.45, 7) is 5.28. The summed E-state index contributed by atoms with van der Waals surface area (Å²) in [6, 6.07) is 0. The van der Waals surface area contributed by atoms with E-state index in [2.05, 4.69) is 4.74 Å². The quantitative estimate of drug-likeness (QED) is 0.462. The van der Waals surface area contributed by atoms with Crippen LogP contribution in [0.25, 0.3) is 0 Å². The number of hydrogen-bond acceptors (Lipinski definition) is 3. The first-order valence-corrected chi connectivity index (χ1v) is 3.86. The number of carbonyl (C=O) groups is 2. The maximum atomic E-state index is 10.9. The lowest BCUT2D eigenvalue weighted by atomic mass is 10.1. The first kappa shape index (κ1) is 10.1. The summed E-state index contributed by atoms with van der Waals surface area (Å²) in [7, 11) is 0. The normalized spacial score (nSPS) is 12.3. The van der Waals surface area contributed by atoms with Crippen molar-refractivity contribution in [1.82, 2.24) is 0 Å². The summed E-state index contributed by atoms with van der Waals surface area (Å²) in [4.78, 5) is 21.5. The maximum absolute atomic E-state index is 10.9. The molecule has 0 aliphatic heterocycles. The van der Waals surface area contributed by atoms with Crippen LogP contribution < -0.4 is 0 Å². The van der Waals surface area contributed by atoms with Gasteiger partial charge in [-0.15, -0.1) is 0 Å². The van der Waals surface area contributed by atoms with E-state index in [9.17, 15) is 9.59 Å². The van der Waals surface area contributed by atoms with Gasteiger partial charge in [-0.25, -0.2) is 0 Å². The van der Waals surface area contributed by atoms with Crippen LogP contribution in [0.15, 0.2) is 0 Å². The van der Waals surface area contributed by atoms with Crippen LogP contribution in [0.1, 0.15) is 33.6 Å². The van der Waals surface area contributed by atoms with Crippen LogP contribution in [-0.4, -0.2) is 11.9 Å². The van der Waals surface area contributed by atoms with E-state index in [1.807, 2.05) is 6.92 Å². The van der Waals surface area contributed by atoms with Gasteiger partial charge in [0, 0.05) is 6.42 Å². The third-order valence-corrected chi connectivity index (χ3v) is 1.52. The molecule has 3 heteroatoms. The van der Waals surface area contributed by atoms with E-state index in [0.29, 0.717) is 6.42 Å². The van der Waals surface area contributed by atoms with Crippen molar-refractivity contribution in [2.24, 2.45) is 5.92 Å². The topological polar surface area (TPSA) is 43.4 Å². The lowest BCUT2D eigenvalue weighted by Crippen LogP contribution is -2.17. The van der Waals surface area contributed by atoms with E-state index < -0.39 is 11.9 Å². The third kappa shape index (κ3) is 3.75. The van der Waals surface area contributed by atoms with Gasteiger partial charge in [0.05, 0.1) is 5.92 Å². The van der Waals surface area contributed by atoms with Gasteiger partial charge >= 0.3 is 11.9 Å². The Morgan fingerprint density at radius 2 is 1.91 bits per heavy atom. The zero-order valence-corrected chi connectivity index (χ0v) is 7.22. The fourth-order valence-electron chi connectivity index (χ4n) is 0.452. The first-order valence-electron chi connectivity index (χ1n) is 3.86. The van der Waals surface area contributed by atoms with Gasteiger partial charge < -0.3 is 4.74 Å². The van der Waals surface area contributed by atoms with E-state index in [0.717, 1.165) is 0 Å². The van der Waals surface area contributed by atoms with Crippen LogP contribution in [0.5, 0.6) is 0 Å². The van der Waals surface area contributed by atoms with Crippen molar-refractivity contribution in [1.29, 1.82) is 0 Å². The minimum absolute atomic E-state index is 0.175. The monoisotopic (exact) mass is 158 g/mol. The predicted molar refractivity (Wildman–Crippen MR) is 40.8 cm³/mol. The van der Waals surface area contributed by atoms with Crippen LogP contribution in [0.4, 0.5) is 0 Å². The smallest absolute Gasteiger partial charge is 0.316 e. The highest BCUT2D eigenvalue weighted by molar-refractivity contribution is 5.86. The van der Waals surface area contributed by atoms with E-state index >= 15 is 0 Å². The highest BCUT2D eigenvalue weighted by Gasteiger charge is 2.14. The Morgan fingerprint density at radius 3 is 2.27 bits per heavy atom. The SMILES string of the molecule is CCC(=O)OC(=O)C(C)CC. The molecule has 0 aromatic heterocycles. The minimum atomic E-state index is -0.449. The molecule has 0 N–H and O–H groups in total. The van der Waals surface area contributed by atoms with Crippen LogP contribution in [0, 0.1) is 5.92 Å². The molecule has 0 bridgehead atoms. The van der Waals surface area contributed by atoms with Crippen molar-refractivity contribution in [3.05, 3.63) is 0 Å². The van der Waals surface area contributed by atoms with Crippen molar-refractivity contribution in [3.8, 4) is 0 Å². The molecule has 0 radical (unpaired) electrons. The van der Waals surface area contributed by atoms with Crippen LogP contribution in [0.3, 0.4) is 0 Å². The fourth-order valence-corrected chi connectivity index (χ4v) is 0.452. The summed E-state index contributed by atoms with van der Waals surface area (Å²) in [5, 5.41) is 0. The molecule has 0 saturated heterocycles. The van der Waals surface area contributed by atoms with E-state index in [1.165, 1.54) is 0 Å². The predicted octanol–water partition coefficient (Wildman–Crippen LogP) is 1.51. The fraction of sp³-hybridized carbons (Fsp3) is 0.750. The zero-order valence-electron chi connectivity index (χ0n) is 7.22. The minimum Gasteiger partial charge on any atom is -0.393 e. The largest absolute Gasteiger partial charge is 0.393 e. The van der Waals surface area contributed by atoms with Gasteiger partial charge in [0.25, 0.3) is 0 Å². The molecule has 1 unspecified atom stereocenters. The highest BCUT2D eigenvalue weighted by atomic mass is 16.6. The summed E-state index contributed by atoms with van der Waals surface area (Å²) in [5.41, 5.74) is 0. The van der Waals surface area contributed by atoms with Crippen LogP contribution >= 0.6 is 0 Å². The number of esters is 2. The first-order chi connectivity index (χ1) is 5.11. The summed E-state index contributed by atoms with van der Waals surface area (Å²) >= 11 is 0. The Morgan fingerprint density at radius 1 is 1.36 bits per heavy atom. The number of ether oxygens (including phenoxy) is 1. The van der Waals surface area contributed by atoms with E-state index in [-0.39, 0.29) is 12.3 Å². The Hall–Kier alpha value is -0.860. The van der Waals surface area contributed by atoms with Crippen molar-refractivity contribution in [2.75, 3.05) is 0 Å². The van der Waals surface area contributed by atoms with Crippen molar-refractivity contribution < 1.29 is 14.3 Å². The van der Waals surface area contributed by atoms with Gasteiger partial charge in [-0.05, 0) is 6.42 Å². The Kier molecular flexibility index (Phi) is 4.50. The molecule has 0 fully saturated rings. The molecule has 11 heavy (non-hydrogen) atoms. The summed E-state index contributed by atoms with van der Waals surface area (Å²) in [5.74, 6) is -1.04. The van der Waals surface area contributed by atoms with Gasteiger partial charge in [0.2, 0.25) is 0 Å². The second kappa shape index (κ2) is 4.88. The Labute approximate surface area is 66.7 Å². The van der Waals surface area contributed by atoms with Gasteiger partial charge in [0.1, 0.15) is 0 Å². The molecule has 0 saturated carbocycles. The van der Waals surface area contributed by atoms with Gasteiger partial charge in [-0.1, -0.05) is 20.8 Å². The van der Waals surface area contributed by atoms with Gasteiger partial charge in [0.15, 0.2) is 0 Å². The lowest BCUT2D eigenvalue weighted by molar-refractivity contribution is -0.162.